The third-order valence-corrected chi connectivity index (χ3v) is 5.35. The van der Waals surface area contributed by atoms with Crippen LogP contribution in [0.2, 0.25) is 0 Å². The van der Waals surface area contributed by atoms with E-state index in [0.717, 1.165) is 18.0 Å². The summed E-state index contributed by atoms with van der Waals surface area (Å²) in [7, 11) is 0. The number of piperazine rings is 1. The van der Waals surface area contributed by atoms with E-state index in [2.05, 4.69) is 22.0 Å². The van der Waals surface area contributed by atoms with Gasteiger partial charge in [-0.2, -0.15) is 0 Å². The summed E-state index contributed by atoms with van der Waals surface area (Å²) < 4.78 is 0. The molecule has 0 spiro atoms. The minimum atomic E-state index is 0. The molecule has 3 heterocycles. The number of nitrogens with zero attached hydrogens (tertiary/aromatic N) is 2. The van der Waals surface area contributed by atoms with Crippen LogP contribution in [0.15, 0.2) is 0 Å². The first-order valence-corrected chi connectivity index (χ1v) is 8.02. The Labute approximate surface area is 136 Å². The molecule has 3 aliphatic rings. The van der Waals surface area contributed by atoms with Crippen molar-refractivity contribution in [1.29, 1.82) is 0 Å². The quantitative estimate of drug-likeness (QED) is 0.860. The van der Waals surface area contributed by atoms with Crippen molar-refractivity contribution < 1.29 is 0 Å². The molecule has 3 nitrogen and oxygen atoms in total. The van der Waals surface area contributed by atoms with E-state index >= 15 is 0 Å². The molecule has 3 saturated heterocycles. The predicted octanol–water partition coefficient (Wildman–Crippen LogP) is 2.39. The SMILES string of the molecule is CC1CN2CCCC2CN1CCC1CCNCC1.Cl.Cl. The van der Waals surface area contributed by atoms with Crippen LogP contribution in [0.25, 0.3) is 0 Å². The van der Waals surface area contributed by atoms with Gasteiger partial charge in [-0.1, -0.05) is 0 Å². The first-order valence-electron chi connectivity index (χ1n) is 8.02. The fraction of sp³-hybridized carbons (Fsp3) is 1.00. The van der Waals surface area contributed by atoms with E-state index in [1.165, 1.54) is 71.4 Å². The molecule has 3 rings (SSSR count). The Bertz CT molecular complexity index is 272. The highest BCUT2D eigenvalue weighted by molar-refractivity contribution is 5.85. The Morgan fingerprint density at radius 2 is 1.80 bits per heavy atom. The van der Waals surface area contributed by atoms with Crippen molar-refractivity contribution in [3.05, 3.63) is 0 Å². The van der Waals surface area contributed by atoms with E-state index in [0.29, 0.717) is 0 Å². The minimum absolute atomic E-state index is 0. The smallest absolute Gasteiger partial charge is 0.0224 e. The van der Waals surface area contributed by atoms with E-state index in [1.54, 1.807) is 0 Å². The van der Waals surface area contributed by atoms with E-state index in [1.807, 2.05) is 0 Å². The Balaban J connectivity index is 0.000001000. The van der Waals surface area contributed by atoms with Crippen molar-refractivity contribution in [3.8, 4) is 0 Å². The molecule has 0 aliphatic carbocycles. The average Bonchev–Trinajstić information content (AvgIpc) is 2.84. The molecule has 5 heteroatoms. The lowest BCUT2D eigenvalue weighted by molar-refractivity contribution is 0.0543. The second-order valence-corrected chi connectivity index (χ2v) is 6.62. The molecule has 0 radical (unpaired) electrons. The largest absolute Gasteiger partial charge is 0.317 e. The van der Waals surface area contributed by atoms with E-state index in [9.17, 15) is 0 Å². The van der Waals surface area contributed by atoms with Crippen LogP contribution in [-0.2, 0) is 0 Å². The van der Waals surface area contributed by atoms with Gasteiger partial charge in [-0.25, -0.2) is 0 Å². The molecule has 0 aromatic rings. The Morgan fingerprint density at radius 1 is 1.05 bits per heavy atom. The number of fused-ring (bicyclic) bond motifs is 1. The van der Waals surface area contributed by atoms with Gasteiger partial charge in [-0.05, 0) is 71.1 Å². The molecule has 0 saturated carbocycles. The standard InChI is InChI=1S/C15H29N3.2ClH/c1-13-11-18-9-2-3-15(18)12-17(13)10-6-14-4-7-16-8-5-14;;/h13-16H,2-12H2,1H3;2*1H. The first kappa shape index (κ1) is 18.5. The van der Waals surface area contributed by atoms with Gasteiger partial charge in [0.05, 0.1) is 0 Å². The highest BCUT2D eigenvalue weighted by Crippen LogP contribution is 2.25. The second-order valence-electron chi connectivity index (χ2n) is 6.62. The summed E-state index contributed by atoms with van der Waals surface area (Å²) in [5, 5.41) is 3.47. The lowest BCUT2D eigenvalue weighted by Gasteiger charge is -2.43. The molecule has 3 aliphatic heterocycles. The Morgan fingerprint density at radius 3 is 2.55 bits per heavy atom. The maximum absolute atomic E-state index is 3.47. The van der Waals surface area contributed by atoms with Crippen molar-refractivity contribution in [2.75, 3.05) is 39.3 Å². The van der Waals surface area contributed by atoms with Gasteiger partial charge in [-0.3, -0.25) is 9.80 Å². The number of hydrogen-bond donors (Lipinski definition) is 1. The monoisotopic (exact) mass is 323 g/mol. The summed E-state index contributed by atoms with van der Waals surface area (Å²) in [6.45, 7) is 10.3. The Hall–Kier alpha value is 0.460. The van der Waals surface area contributed by atoms with Crippen LogP contribution in [0.1, 0.15) is 39.0 Å². The lowest BCUT2D eigenvalue weighted by Crippen LogP contribution is -2.55. The van der Waals surface area contributed by atoms with Crippen LogP contribution in [-0.4, -0.2) is 61.2 Å². The molecular formula is C15H31Cl2N3. The highest BCUT2D eigenvalue weighted by Gasteiger charge is 2.34. The van der Waals surface area contributed by atoms with Crippen molar-refractivity contribution in [2.24, 2.45) is 5.92 Å². The van der Waals surface area contributed by atoms with Crippen molar-refractivity contribution >= 4 is 24.8 Å². The molecule has 0 aromatic heterocycles. The summed E-state index contributed by atoms with van der Waals surface area (Å²) in [6.07, 6.45) is 7.10. The third-order valence-electron chi connectivity index (χ3n) is 5.35. The molecule has 120 valence electrons. The number of rotatable bonds is 3. The molecule has 1 N–H and O–H groups in total. The zero-order chi connectivity index (χ0) is 12.4. The maximum atomic E-state index is 3.47. The fourth-order valence-electron chi connectivity index (χ4n) is 4.08. The molecule has 20 heavy (non-hydrogen) atoms. The van der Waals surface area contributed by atoms with Gasteiger partial charge in [-0.15, -0.1) is 24.8 Å². The van der Waals surface area contributed by atoms with Crippen molar-refractivity contribution in [1.82, 2.24) is 15.1 Å². The zero-order valence-corrected chi connectivity index (χ0v) is 14.4. The van der Waals surface area contributed by atoms with E-state index in [-0.39, 0.29) is 24.8 Å². The van der Waals surface area contributed by atoms with Crippen LogP contribution in [0.4, 0.5) is 0 Å². The van der Waals surface area contributed by atoms with E-state index < -0.39 is 0 Å². The normalized spacial score (nSPS) is 32.2. The lowest BCUT2D eigenvalue weighted by atomic mass is 9.94. The summed E-state index contributed by atoms with van der Waals surface area (Å²) >= 11 is 0. The van der Waals surface area contributed by atoms with Gasteiger partial charge in [0.15, 0.2) is 0 Å². The minimum Gasteiger partial charge on any atom is -0.317 e. The summed E-state index contributed by atoms with van der Waals surface area (Å²) in [4.78, 5) is 5.50. The van der Waals surface area contributed by atoms with Gasteiger partial charge < -0.3 is 5.32 Å². The van der Waals surface area contributed by atoms with Gasteiger partial charge in [0.2, 0.25) is 0 Å². The number of halogens is 2. The van der Waals surface area contributed by atoms with Gasteiger partial charge in [0.1, 0.15) is 0 Å². The first-order chi connectivity index (χ1) is 8.83. The average molecular weight is 324 g/mol. The number of hydrogen-bond acceptors (Lipinski definition) is 3. The van der Waals surface area contributed by atoms with Crippen LogP contribution in [0.3, 0.4) is 0 Å². The predicted molar refractivity (Wildman–Crippen MR) is 90.3 cm³/mol. The molecule has 0 amide bonds. The second kappa shape index (κ2) is 8.79. The molecule has 2 unspecified atom stereocenters. The third kappa shape index (κ3) is 4.48. The van der Waals surface area contributed by atoms with E-state index in [4.69, 9.17) is 0 Å². The van der Waals surface area contributed by atoms with Crippen LogP contribution in [0.5, 0.6) is 0 Å². The Kier molecular flexibility index (Phi) is 8.14. The molecule has 0 aromatic carbocycles. The van der Waals surface area contributed by atoms with Crippen LogP contribution in [0, 0.1) is 5.92 Å². The van der Waals surface area contributed by atoms with Gasteiger partial charge in [0, 0.05) is 25.2 Å². The van der Waals surface area contributed by atoms with Gasteiger partial charge in [0.25, 0.3) is 0 Å². The van der Waals surface area contributed by atoms with Crippen LogP contribution >= 0.6 is 24.8 Å². The molecule has 3 fully saturated rings. The van der Waals surface area contributed by atoms with Crippen molar-refractivity contribution in [2.45, 2.75) is 51.1 Å². The van der Waals surface area contributed by atoms with Crippen LogP contribution < -0.4 is 5.32 Å². The number of nitrogens with one attached hydrogen (secondary N) is 1. The number of piperidine rings is 1. The zero-order valence-electron chi connectivity index (χ0n) is 12.7. The van der Waals surface area contributed by atoms with Gasteiger partial charge >= 0.3 is 0 Å². The molecule has 0 bridgehead atoms. The molecular weight excluding hydrogens is 293 g/mol. The topological polar surface area (TPSA) is 18.5 Å². The molecule has 2 atom stereocenters. The van der Waals surface area contributed by atoms with Crippen molar-refractivity contribution in [3.63, 3.8) is 0 Å². The maximum Gasteiger partial charge on any atom is 0.0224 e. The summed E-state index contributed by atoms with van der Waals surface area (Å²) in [5.41, 5.74) is 0. The summed E-state index contributed by atoms with van der Waals surface area (Å²) in [5.74, 6) is 0.986. The highest BCUT2D eigenvalue weighted by atomic mass is 35.5. The fourth-order valence-corrected chi connectivity index (χ4v) is 4.08. The summed E-state index contributed by atoms with van der Waals surface area (Å²) in [6, 6.07) is 1.66.